The van der Waals surface area contributed by atoms with E-state index in [4.69, 9.17) is 9.47 Å². The van der Waals surface area contributed by atoms with Crippen molar-refractivity contribution in [2.24, 2.45) is 17.8 Å². The van der Waals surface area contributed by atoms with Gasteiger partial charge in [0.15, 0.2) is 0 Å². The van der Waals surface area contributed by atoms with E-state index in [1.54, 1.807) is 24.0 Å². The van der Waals surface area contributed by atoms with Gasteiger partial charge in [-0.1, -0.05) is 32.4 Å². The Labute approximate surface area is 285 Å². The summed E-state index contributed by atoms with van der Waals surface area (Å²) in [7, 11) is 0. The number of likely N-dealkylation sites (tertiary alicyclic amines) is 1. The van der Waals surface area contributed by atoms with Crippen LogP contribution in [0.2, 0.25) is 0 Å². The van der Waals surface area contributed by atoms with Crippen LogP contribution in [0.1, 0.15) is 66.7 Å². The molecule has 48 heavy (non-hydrogen) atoms. The average molecular weight is 667 g/mol. The van der Waals surface area contributed by atoms with Crippen molar-refractivity contribution in [2.45, 2.75) is 96.6 Å². The van der Waals surface area contributed by atoms with E-state index in [2.05, 4.69) is 37.2 Å². The molecule has 3 amide bonds. The Morgan fingerprint density at radius 1 is 1.12 bits per heavy atom. The molecule has 11 heteroatoms. The van der Waals surface area contributed by atoms with Crippen LogP contribution in [-0.2, 0) is 28.7 Å². The quantitative estimate of drug-likeness (QED) is 0.179. The van der Waals surface area contributed by atoms with Gasteiger partial charge >= 0.3 is 5.97 Å². The molecule has 1 aromatic carbocycles. The lowest BCUT2D eigenvalue weighted by Crippen LogP contribution is -2.60. The van der Waals surface area contributed by atoms with Gasteiger partial charge in [0.25, 0.3) is 5.91 Å². The number of ether oxygens (including phenoxy) is 2. The molecule has 3 saturated heterocycles. The summed E-state index contributed by atoms with van der Waals surface area (Å²) in [5.74, 6) is -3.46. The van der Waals surface area contributed by atoms with Crippen molar-refractivity contribution in [2.75, 3.05) is 42.6 Å². The van der Waals surface area contributed by atoms with Crippen molar-refractivity contribution in [3.8, 4) is 0 Å². The fraction of sp³-hybridized carbons (Fsp3) is 0.622. The Morgan fingerprint density at radius 3 is 2.38 bits per heavy atom. The predicted octanol–water partition coefficient (Wildman–Crippen LogP) is 3.85. The van der Waals surface area contributed by atoms with Crippen molar-refractivity contribution < 1.29 is 33.8 Å². The van der Waals surface area contributed by atoms with Crippen LogP contribution in [0.25, 0.3) is 0 Å². The predicted molar refractivity (Wildman–Crippen MR) is 185 cm³/mol. The molecule has 8 atom stereocenters. The van der Waals surface area contributed by atoms with Gasteiger partial charge in [0.2, 0.25) is 11.8 Å². The summed E-state index contributed by atoms with van der Waals surface area (Å²) in [6, 6.07) is 6.03. The highest BCUT2D eigenvalue weighted by atomic mass is 16.6. The third-order valence-electron chi connectivity index (χ3n) is 10.4. The zero-order chi connectivity index (χ0) is 35.2. The second kappa shape index (κ2) is 16.1. The molecule has 264 valence electrons. The molecule has 2 bridgehead atoms. The van der Waals surface area contributed by atoms with Crippen LogP contribution in [0, 0.1) is 17.8 Å². The van der Waals surface area contributed by atoms with Gasteiger partial charge in [0, 0.05) is 37.4 Å². The number of esters is 1. The highest BCUT2D eigenvalue weighted by Gasteiger charge is 2.76. The van der Waals surface area contributed by atoms with Crippen LogP contribution in [0.3, 0.4) is 0 Å². The first-order valence-electron chi connectivity index (χ1n) is 17.5. The maximum absolute atomic E-state index is 14.9. The number of nitrogens with one attached hydrogen (secondary N) is 1. The molecular weight excluding hydrogens is 612 g/mol. The van der Waals surface area contributed by atoms with Gasteiger partial charge in [0.1, 0.15) is 17.7 Å². The second-order valence-corrected chi connectivity index (χ2v) is 13.2. The van der Waals surface area contributed by atoms with E-state index < -0.39 is 47.7 Å². The first-order chi connectivity index (χ1) is 23.0. The number of hydrogen-bond donors (Lipinski definition) is 2. The maximum Gasteiger partial charge on any atom is 0.312 e. The Hall–Kier alpha value is -3.70. The lowest BCUT2D eigenvalue weighted by molar-refractivity contribution is -0.160. The van der Waals surface area contributed by atoms with Gasteiger partial charge in [-0.05, 0) is 70.2 Å². The van der Waals surface area contributed by atoms with E-state index in [0.29, 0.717) is 31.4 Å². The molecule has 0 unspecified atom stereocenters. The number of amides is 3. The molecule has 0 radical (unpaired) electrons. The fourth-order valence-corrected chi connectivity index (χ4v) is 7.74. The summed E-state index contributed by atoms with van der Waals surface area (Å²) in [6.45, 7) is 19.0. The number of rotatable bonds is 18. The summed E-state index contributed by atoms with van der Waals surface area (Å²) in [5, 5.41) is 13.4. The van der Waals surface area contributed by atoms with Gasteiger partial charge in [0.05, 0.1) is 37.1 Å². The Balaban J connectivity index is 1.68. The molecule has 4 rings (SSSR count). The van der Waals surface area contributed by atoms with Crippen molar-refractivity contribution in [1.29, 1.82) is 0 Å². The maximum atomic E-state index is 14.9. The highest BCUT2D eigenvalue weighted by Crippen LogP contribution is 2.59. The Morgan fingerprint density at radius 2 is 1.79 bits per heavy atom. The topological polar surface area (TPSA) is 129 Å². The van der Waals surface area contributed by atoms with E-state index in [1.807, 2.05) is 38.1 Å². The van der Waals surface area contributed by atoms with Crippen molar-refractivity contribution >= 4 is 35.1 Å². The molecule has 3 aliphatic heterocycles. The van der Waals surface area contributed by atoms with Crippen molar-refractivity contribution in [3.63, 3.8) is 0 Å². The van der Waals surface area contributed by atoms with Gasteiger partial charge in [-0.25, -0.2) is 0 Å². The first kappa shape index (κ1) is 37.1. The minimum absolute atomic E-state index is 0.126. The molecule has 0 aliphatic carbocycles. The number of nitrogens with zero attached hydrogens (tertiary/aromatic N) is 3. The van der Waals surface area contributed by atoms with Crippen LogP contribution in [-0.4, -0.2) is 96.4 Å². The molecule has 2 N–H and O–H groups in total. The van der Waals surface area contributed by atoms with E-state index in [9.17, 15) is 24.3 Å². The number of benzene rings is 1. The zero-order valence-electron chi connectivity index (χ0n) is 29.2. The smallest absolute Gasteiger partial charge is 0.312 e. The number of hydrogen-bond acceptors (Lipinski definition) is 8. The number of aliphatic hydroxyl groups is 1. The molecule has 3 aliphatic rings. The molecule has 0 aromatic heterocycles. The van der Waals surface area contributed by atoms with Gasteiger partial charge in [-0.3, -0.25) is 19.2 Å². The minimum atomic E-state index is -1.26. The summed E-state index contributed by atoms with van der Waals surface area (Å²) in [6.07, 6.45) is 4.49. The molecular formula is C37H54N4O7. The normalized spacial score (nSPS) is 26.0. The van der Waals surface area contributed by atoms with E-state index in [1.165, 1.54) is 4.90 Å². The number of carbonyl (C=O) groups is 4. The lowest BCUT2D eigenvalue weighted by Gasteiger charge is -2.41. The molecule has 3 heterocycles. The molecule has 0 saturated carbocycles. The summed E-state index contributed by atoms with van der Waals surface area (Å²) in [4.78, 5) is 60.7. The second-order valence-electron chi connectivity index (χ2n) is 13.2. The van der Waals surface area contributed by atoms with Crippen LogP contribution in [0.4, 0.5) is 11.4 Å². The van der Waals surface area contributed by atoms with Gasteiger partial charge < -0.3 is 34.6 Å². The molecule has 1 spiro atoms. The standard InChI is InChI=1S/C37H54N4O7/c1-8-13-14-30(43)38-22-25(7)47-36(46)31-29-19-20-37(48-29)32(31)34(44)41(28(23-42)24(6)10-3)33(37)35(45)40(21-9-2)27-17-15-26(16-18-27)39(11-4)12-5/h8-9,15-18,24-25,28-29,31-33,42H,1-2,10-14,19-23H2,3-7H3,(H,38,43)/t24-,25+,28-,29+,31-,32-,33+,37-/m0/s1. The molecule has 3 fully saturated rings. The Kier molecular flexibility index (Phi) is 12.5. The number of allylic oxidation sites excluding steroid dienone is 1. The zero-order valence-corrected chi connectivity index (χ0v) is 29.2. The van der Waals surface area contributed by atoms with Crippen LogP contribution < -0.4 is 15.1 Å². The largest absolute Gasteiger partial charge is 0.460 e. The SMILES string of the molecule is C=CCCC(=O)NC[C@@H](C)OC(=O)[C@@H]1[C@H]2C(=O)N([C@@H](CO)[C@@H](C)CC)[C@H](C(=O)N(CC=C)c3ccc(N(CC)CC)cc3)[C@]23CC[C@H]1O3. The monoisotopic (exact) mass is 666 g/mol. The van der Waals surface area contributed by atoms with Crippen molar-refractivity contribution in [1.82, 2.24) is 10.2 Å². The number of carbonyl (C=O) groups excluding carboxylic acids is 4. The first-order valence-corrected chi connectivity index (χ1v) is 17.5. The van der Waals surface area contributed by atoms with Crippen LogP contribution in [0.5, 0.6) is 0 Å². The average Bonchev–Trinajstić information content (AvgIpc) is 3.73. The number of fused-ring (bicyclic) bond motifs is 1. The summed E-state index contributed by atoms with van der Waals surface area (Å²) in [5.41, 5.74) is 0.430. The third-order valence-corrected chi connectivity index (χ3v) is 10.4. The van der Waals surface area contributed by atoms with E-state index in [0.717, 1.165) is 18.8 Å². The van der Waals surface area contributed by atoms with E-state index >= 15 is 0 Å². The molecule has 11 nitrogen and oxygen atoms in total. The molecule has 1 aromatic rings. The highest BCUT2D eigenvalue weighted by molar-refractivity contribution is 6.05. The van der Waals surface area contributed by atoms with Gasteiger partial charge in [-0.2, -0.15) is 0 Å². The summed E-state index contributed by atoms with van der Waals surface area (Å²) < 4.78 is 12.4. The third kappa shape index (κ3) is 7.03. The van der Waals surface area contributed by atoms with Crippen LogP contribution >= 0.6 is 0 Å². The minimum Gasteiger partial charge on any atom is -0.460 e. The Bertz CT molecular complexity index is 1330. The van der Waals surface area contributed by atoms with Crippen molar-refractivity contribution in [3.05, 3.63) is 49.6 Å². The number of anilines is 2. The lowest BCUT2D eigenvalue weighted by atomic mass is 9.70. The van der Waals surface area contributed by atoms with E-state index in [-0.39, 0.29) is 49.8 Å². The van der Waals surface area contributed by atoms with Crippen LogP contribution in [0.15, 0.2) is 49.6 Å². The fourth-order valence-electron chi connectivity index (χ4n) is 7.74. The number of aliphatic hydroxyl groups excluding tert-OH is 1. The summed E-state index contributed by atoms with van der Waals surface area (Å²) >= 11 is 0. The van der Waals surface area contributed by atoms with Gasteiger partial charge in [-0.15, -0.1) is 13.2 Å².